The summed E-state index contributed by atoms with van der Waals surface area (Å²) < 4.78 is 0. The maximum absolute atomic E-state index is 11.1. The summed E-state index contributed by atoms with van der Waals surface area (Å²) in [6, 6.07) is 12.7. The Bertz CT molecular complexity index is 612. The van der Waals surface area contributed by atoms with Crippen LogP contribution in [0.2, 0.25) is 5.02 Å². The fourth-order valence-corrected chi connectivity index (χ4v) is 2.24. The molecule has 0 aliphatic rings. The third-order valence-corrected chi connectivity index (χ3v) is 3.25. The second kappa shape index (κ2) is 6.39. The van der Waals surface area contributed by atoms with Crippen molar-refractivity contribution < 1.29 is 4.92 Å². The van der Waals surface area contributed by atoms with Crippen LogP contribution < -0.4 is 5.32 Å². The molecule has 20 heavy (non-hydrogen) atoms. The summed E-state index contributed by atoms with van der Waals surface area (Å²) in [5.41, 5.74) is 2.34. The van der Waals surface area contributed by atoms with E-state index in [0.29, 0.717) is 5.69 Å². The maximum Gasteiger partial charge on any atom is 0.311 e. The molecule has 0 fully saturated rings. The molecule has 0 radical (unpaired) electrons. The first-order valence-electron chi connectivity index (χ1n) is 6.40. The zero-order valence-corrected chi connectivity index (χ0v) is 11.9. The Hall–Kier alpha value is -2.07. The van der Waals surface area contributed by atoms with Crippen LogP contribution in [-0.2, 0) is 6.42 Å². The van der Waals surface area contributed by atoms with Crippen LogP contribution in [0.3, 0.4) is 0 Å². The lowest BCUT2D eigenvalue weighted by atomic mass is 10.1. The van der Waals surface area contributed by atoms with E-state index in [1.54, 1.807) is 12.1 Å². The van der Waals surface area contributed by atoms with Crippen molar-refractivity contribution in [3.05, 3.63) is 63.2 Å². The predicted molar refractivity (Wildman–Crippen MR) is 81.8 cm³/mol. The number of aryl methyl sites for hydroxylation is 1. The van der Waals surface area contributed by atoms with Crippen LogP contribution in [0, 0.1) is 10.1 Å². The second-order valence-electron chi connectivity index (χ2n) is 4.47. The molecule has 0 saturated carbocycles. The fraction of sp³-hybridized carbons (Fsp3) is 0.200. The minimum absolute atomic E-state index is 0.105. The molecule has 0 unspecified atom stereocenters. The van der Waals surface area contributed by atoms with Crippen LogP contribution in [0.5, 0.6) is 0 Å². The number of nitrogens with one attached hydrogen (secondary N) is 1. The van der Waals surface area contributed by atoms with Gasteiger partial charge in [-0.05, 0) is 36.2 Å². The van der Waals surface area contributed by atoms with Gasteiger partial charge in [-0.15, -0.1) is 0 Å². The Kier molecular flexibility index (Phi) is 4.58. The number of nitrogens with zero attached hydrogens (tertiary/aromatic N) is 1. The Labute approximate surface area is 122 Å². The number of benzene rings is 2. The van der Waals surface area contributed by atoms with Gasteiger partial charge in [0.1, 0.15) is 10.7 Å². The molecule has 0 heterocycles. The summed E-state index contributed by atoms with van der Waals surface area (Å²) >= 11 is 5.88. The van der Waals surface area contributed by atoms with E-state index in [2.05, 4.69) is 12.2 Å². The quantitative estimate of drug-likeness (QED) is 0.626. The molecule has 0 bridgehead atoms. The minimum atomic E-state index is -0.476. The number of rotatable bonds is 5. The largest absolute Gasteiger partial charge is 0.350 e. The van der Waals surface area contributed by atoms with Crippen molar-refractivity contribution in [3.63, 3.8) is 0 Å². The Morgan fingerprint density at radius 3 is 2.50 bits per heavy atom. The Morgan fingerprint density at radius 2 is 1.90 bits per heavy atom. The molecular formula is C15H15ClN2O2. The number of nitro groups is 1. The van der Waals surface area contributed by atoms with Gasteiger partial charge in [0.15, 0.2) is 0 Å². The SMILES string of the molecule is CCCc1ccc(Nc2cccc(Cl)c2[N+](=O)[O-])cc1. The summed E-state index contributed by atoms with van der Waals surface area (Å²) in [6.07, 6.45) is 2.12. The van der Waals surface area contributed by atoms with Crippen molar-refractivity contribution in [1.82, 2.24) is 0 Å². The van der Waals surface area contributed by atoms with Gasteiger partial charge in [0.2, 0.25) is 0 Å². The normalized spacial score (nSPS) is 10.3. The third kappa shape index (κ3) is 3.27. The zero-order valence-electron chi connectivity index (χ0n) is 11.1. The van der Waals surface area contributed by atoms with Gasteiger partial charge in [0.05, 0.1) is 4.92 Å². The number of hydrogen-bond donors (Lipinski definition) is 1. The molecule has 0 aromatic heterocycles. The standard InChI is InChI=1S/C15H15ClN2O2/c1-2-4-11-7-9-12(10-8-11)17-14-6-3-5-13(16)15(14)18(19)20/h3,5-10,17H,2,4H2,1H3. The van der Waals surface area contributed by atoms with Crippen LogP contribution in [0.15, 0.2) is 42.5 Å². The predicted octanol–water partition coefficient (Wildman–Crippen LogP) is 4.94. The van der Waals surface area contributed by atoms with E-state index in [1.807, 2.05) is 24.3 Å². The molecule has 2 aromatic carbocycles. The average molecular weight is 291 g/mol. The molecule has 2 rings (SSSR count). The molecule has 4 nitrogen and oxygen atoms in total. The van der Waals surface area contributed by atoms with E-state index in [4.69, 9.17) is 11.6 Å². The van der Waals surface area contributed by atoms with Crippen LogP contribution in [0.1, 0.15) is 18.9 Å². The summed E-state index contributed by atoms with van der Waals surface area (Å²) in [5, 5.41) is 14.2. The Morgan fingerprint density at radius 1 is 1.20 bits per heavy atom. The topological polar surface area (TPSA) is 55.2 Å². The molecule has 1 N–H and O–H groups in total. The minimum Gasteiger partial charge on any atom is -0.350 e. The molecule has 2 aromatic rings. The summed E-state index contributed by atoms with van der Waals surface area (Å²) in [4.78, 5) is 10.6. The van der Waals surface area contributed by atoms with Crippen LogP contribution in [0.25, 0.3) is 0 Å². The van der Waals surface area contributed by atoms with Gasteiger partial charge in [0.25, 0.3) is 0 Å². The lowest BCUT2D eigenvalue weighted by Gasteiger charge is -2.08. The molecule has 0 spiro atoms. The van der Waals surface area contributed by atoms with Crippen molar-refractivity contribution in [2.45, 2.75) is 19.8 Å². The van der Waals surface area contributed by atoms with Crippen molar-refractivity contribution in [1.29, 1.82) is 0 Å². The molecule has 5 heteroatoms. The Balaban J connectivity index is 2.26. The lowest BCUT2D eigenvalue weighted by molar-refractivity contribution is -0.383. The van der Waals surface area contributed by atoms with Gasteiger partial charge >= 0.3 is 5.69 Å². The van der Waals surface area contributed by atoms with Crippen LogP contribution in [0.4, 0.5) is 17.1 Å². The van der Waals surface area contributed by atoms with Crippen LogP contribution >= 0.6 is 11.6 Å². The molecule has 0 saturated heterocycles. The van der Waals surface area contributed by atoms with Gasteiger partial charge in [-0.25, -0.2) is 0 Å². The number of para-hydroxylation sites is 1. The molecule has 0 atom stereocenters. The molecule has 0 aliphatic heterocycles. The van der Waals surface area contributed by atoms with Crippen molar-refractivity contribution >= 4 is 28.7 Å². The lowest BCUT2D eigenvalue weighted by Crippen LogP contribution is -1.97. The molecule has 0 aliphatic carbocycles. The first-order valence-corrected chi connectivity index (χ1v) is 6.78. The summed E-state index contributed by atoms with van der Waals surface area (Å²) in [6.45, 7) is 2.13. The van der Waals surface area contributed by atoms with Crippen LogP contribution in [-0.4, -0.2) is 4.92 Å². The summed E-state index contributed by atoms with van der Waals surface area (Å²) in [5.74, 6) is 0. The fourth-order valence-electron chi connectivity index (χ4n) is 2.00. The van der Waals surface area contributed by atoms with E-state index in [1.165, 1.54) is 11.6 Å². The van der Waals surface area contributed by atoms with Crippen molar-refractivity contribution in [2.75, 3.05) is 5.32 Å². The van der Waals surface area contributed by atoms with E-state index >= 15 is 0 Å². The highest BCUT2D eigenvalue weighted by Crippen LogP contribution is 2.34. The molecule has 104 valence electrons. The van der Waals surface area contributed by atoms with E-state index in [-0.39, 0.29) is 10.7 Å². The number of anilines is 2. The van der Waals surface area contributed by atoms with E-state index < -0.39 is 4.92 Å². The van der Waals surface area contributed by atoms with Gasteiger partial charge in [-0.2, -0.15) is 0 Å². The molecule has 0 amide bonds. The van der Waals surface area contributed by atoms with E-state index in [9.17, 15) is 10.1 Å². The number of nitro benzene ring substituents is 1. The smallest absolute Gasteiger partial charge is 0.311 e. The van der Waals surface area contributed by atoms with Gasteiger partial charge < -0.3 is 5.32 Å². The first-order chi connectivity index (χ1) is 9.61. The average Bonchev–Trinajstić information content (AvgIpc) is 2.41. The van der Waals surface area contributed by atoms with Gasteiger partial charge in [-0.1, -0.05) is 43.1 Å². The van der Waals surface area contributed by atoms with E-state index in [0.717, 1.165) is 18.5 Å². The highest BCUT2D eigenvalue weighted by Gasteiger charge is 2.18. The van der Waals surface area contributed by atoms with Crippen molar-refractivity contribution in [3.8, 4) is 0 Å². The summed E-state index contributed by atoms with van der Waals surface area (Å²) in [7, 11) is 0. The number of hydrogen-bond acceptors (Lipinski definition) is 3. The van der Waals surface area contributed by atoms with Gasteiger partial charge in [0, 0.05) is 5.69 Å². The van der Waals surface area contributed by atoms with Crippen molar-refractivity contribution in [2.24, 2.45) is 0 Å². The maximum atomic E-state index is 11.1. The van der Waals surface area contributed by atoms with Gasteiger partial charge in [-0.3, -0.25) is 10.1 Å². The zero-order chi connectivity index (χ0) is 14.5. The highest BCUT2D eigenvalue weighted by molar-refractivity contribution is 6.33. The second-order valence-corrected chi connectivity index (χ2v) is 4.87. The third-order valence-electron chi connectivity index (χ3n) is 2.94. The highest BCUT2D eigenvalue weighted by atomic mass is 35.5. The monoisotopic (exact) mass is 290 g/mol. The first kappa shape index (κ1) is 14.3. The molecular weight excluding hydrogens is 276 g/mol. The number of halogens is 1.